The maximum absolute atomic E-state index is 5.46. The lowest BCUT2D eigenvalue weighted by Gasteiger charge is -2.08. The van der Waals surface area contributed by atoms with Crippen molar-refractivity contribution in [1.29, 1.82) is 0 Å². The molecular formula is C17H24IN5S2. The number of nitrogens with zero attached hydrogens (tertiary/aromatic N) is 3. The van der Waals surface area contributed by atoms with E-state index in [2.05, 4.69) is 41.9 Å². The first-order chi connectivity index (χ1) is 12.3. The molecule has 25 heavy (non-hydrogen) atoms. The van der Waals surface area contributed by atoms with E-state index in [-0.39, 0.29) is 21.0 Å². The molecule has 0 bridgehead atoms. The predicted octanol–water partition coefficient (Wildman–Crippen LogP) is 4.94. The van der Waals surface area contributed by atoms with Crippen molar-refractivity contribution in [2.45, 2.75) is 6.92 Å². The lowest BCUT2D eigenvalue weighted by molar-refractivity contribution is 0.707. The van der Waals surface area contributed by atoms with Crippen LogP contribution in [-0.2, 0) is 0 Å². The van der Waals surface area contributed by atoms with Crippen molar-refractivity contribution in [3.63, 3.8) is 0 Å². The van der Waals surface area contributed by atoms with Gasteiger partial charge in [0.1, 0.15) is 0 Å². The number of halogens is 1. The molecule has 0 atom stereocenters. The van der Waals surface area contributed by atoms with Gasteiger partial charge in [-0.15, -0.1) is 0 Å². The molecule has 1 aromatic rings. The molecule has 1 aromatic carbocycles. The maximum atomic E-state index is 5.46. The molecule has 5 nitrogen and oxygen atoms in total. The van der Waals surface area contributed by atoms with Gasteiger partial charge in [0.15, 0.2) is 0 Å². The van der Waals surface area contributed by atoms with E-state index in [1.807, 2.05) is 51.9 Å². The van der Waals surface area contributed by atoms with Gasteiger partial charge in [0.25, 0.3) is 0 Å². The summed E-state index contributed by atoms with van der Waals surface area (Å²) in [4.78, 5) is 0. The summed E-state index contributed by atoms with van der Waals surface area (Å²) in [5.41, 5.74) is 8.32. The van der Waals surface area contributed by atoms with Crippen molar-refractivity contribution >= 4 is 58.0 Å². The molecule has 1 heterocycles. The highest BCUT2D eigenvalue weighted by Crippen LogP contribution is 2.21. The zero-order chi connectivity index (χ0) is 17.7. The lowest BCUT2D eigenvalue weighted by Crippen LogP contribution is -2.04. The molecule has 0 amide bonds. The zero-order valence-electron chi connectivity index (χ0n) is 14.3. The molecule has 0 radical (unpaired) electrons. The molecular weight excluding hydrogens is 465 g/mol. The highest BCUT2D eigenvalue weighted by Gasteiger charge is 1.97. The SMILES string of the molecule is CCN1C=CC(N=Nc2ccc(NCCSSCCN)cc2)=CC=I1. The van der Waals surface area contributed by atoms with Gasteiger partial charge in [0.05, 0.1) is 11.4 Å². The van der Waals surface area contributed by atoms with E-state index in [4.69, 9.17) is 5.73 Å². The third-order valence-corrected chi connectivity index (χ3v) is 7.91. The second-order valence-corrected chi connectivity index (χ2v) is 10.2. The quantitative estimate of drug-likeness (QED) is 0.160. The van der Waals surface area contributed by atoms with Crippen molar-refractivity contribution in [2.24, 2.45) is 16.0 Å². The first kappa shape index (κ1) is 20.5. The van der Waals surface area contributed by atoms with E-state index in [0.29, 0.717) is 0 Å². The number of rotatable bonds is 10. The summed E-state index contributed by atoms with van der Waals surface area (Å²) in [6.07, 6.45) is 6.18. The summed E-state index contributed by atoms with van der Waals surface area (Å²) >= 11 is -0.0630. The minimum absolute atomic E-state index is 0.0630. The fourth-order valence-electron chi connectivity index (χ4n) is 1.82. The fourth-order valence-corrected chi connectivity index (χ4v) is 5.26. The number of azo groups is 1. The Morgan fingerprint density at radius 2 is 1.96 bits per heavy atom. The van der Waals surface area contributed by atoms with Gasteiger partial charge < -0.3 is 14.2 Å². The van der Waals surface area contributed by atoms with E-state index in [1.165, 1.54) is 0 Å². The molecule has 3 N–H and O–H groups in total. The number of hydrogen-bond acceptors (Lipinski definition) is 7. The average Bonchev–Trinajstić information content (AvgIpc) is 2.89. The van der Waals surface area contributed by atoms with Crippen molar-refractivity contribution < 1.29 is 0 Å². The molecule has 0 aliphatic carbocycles. The predicted molar refractivity (Wildman–Crippen MR) is 123 cm³/mol. The minimum atomic E-state index is -0.0630. The second-order valence-electron chi connectivity index (χ2n) is 4.95. The highest BCUT2D eigenvalue weighted by atomic mass is 127. The highest BCUT2D eigenvalue weighted by molar-refractivity contribution is 14.2. The molecule has 8 heteroatoms. The average molecular weight is 489 g/mol. The second kappa shape index (κ2) is 12.5. The Bertz CT molecular complexity index is 628. The summed E-state index contributed by atoms with van der Waals surface area (Å²) in [6, 6.07) is 8.05. The topological polar surface area (TPSA) is 66.0 Å². The first-order valence-electron chi connectivity index (χ1n) is 8.14. The summed E-state index contributed by atoms with van der Waals surface area (Å²) in [5.74, 6) is 2.06. The number of hydrogen-bond donors (Lipinski definition) is 2. The Labute approximate surface area is 168 Å². The van der Waals surface area contributed by atoms with Crippen molar-refractivity contribution in [3.8, 4) is 0 Å². The van der Waals surface area contributed by atoms with Crippen molar-refractivity contribution in [3.05, 3.63) is 48.3 Å². The smallest absolute Gasteiger partial charge is 0.0876 e. The van der Waals surface area contributed by atoms with Crippen molar-refractivity contribution in [1.82, 2.24) is 3.11 Å². The van der Waals surface area contributed by atoms with Crippen LogP contribution in [-0.4, -0.2) is 38.3 Å². The van der Waals surface area contributed by atoms with Crippen LogP contribution in [0.2, 0.25) is 0 Å². The van der Waals surface area contributed by atoms with Gasteiger partial charge in [0.2, 0.25) is 0 Å². The largest absolute Gasteiger partial charge is 0.384 e. The van der Waals surface area contributed by atoms with E-state index >= 15 is 0 Å². The summed E-state index contributed by atoms with van der Waals surface area (Å²) in [5, 5.41) is 12.1. The summed E-state index contributed by atoms with van der Waals surface area (Å²) < 4.78 is 4.54. The first-order valence-corrected chi connectivity index (χ1v) is 12.8. The monoisotopic (exact) mass is 489 g/mol. The van der Waals surface area contributed by atoms with Crippen LogP contribution in [0.3, 0.4) is 0 Å². The number of benzene rings is 1. The van der Waals surface area contributed by atoms with Crippen molar-refractivity contribution in [2.75, 3.05) is 36.5 Å². The van der Waals surface area contributed by atoms with E-state index < -0.39 is 0 Å². The van der Waals surface area contributed by atoms with Crippen LogP contribution in [0.4, 0.5) is 11.4 Å². The molecule has 0 spiro atoms. The molecule has 0 unspecified atom stereocenters. The van der Waals surface area contributed by atoms with E-state index in [9.17, 15) is 0 Å². The lowest BCUT2D eigenvalue weighted by atomic mass is 10.3. The summed E-state index contributed by atoms with van der Waals surface area (Å²) in [7, 11) is 3.68. The normalized spacial score (nSPS) is 14.3. The number of nitrogens with two attached hydrogens (primary N) is 1. The fraction of sp³-hybridized carbons (Fsp3) is 0.353. The Hall–Kier alpha value is -0.840. The third kappa shape index (κ3) is 8.39. The Balaban J connectivity index is 1.78. The van der Waals surface area contributed by atoms with Crippen LogP contribution >= 0.6 is 42.6 Å². The Kier molecular flexibility index (Phi) is 10.2. The third-order valence-electron chi connectivity index (χ3n) is 3.07. The Morgan fingerprint density at radius 3 is 2.72 bits per heavy atom. The number of anilines is 1. The van der Waals surface area contributed by atoms with Crippen LogP contribution in [0.15, 0.2) is 58.5 Å². The molecule has 0 saturated carbocycles. The minimum Gasteiger partial charge on any atom is -0.384 e. The summed E-state index contributed by atoms with van der Waals surface area (Å²) in [6.45, 7) is 4.88. The van der Waals surface area contributed by atoms with Gasteiger partial charge in [-0.2, -0.15) is 10.2 Å². The van der Waals surface area contributed by atoms with Gasteiger partial charge in [-0.05, 0) is 68.4 Å². The van der Waals surface area contributed by atoms with Crippen LogP contribution in [0.25, 0.3) is 0 Å². The van der Waals surface area contributed by atoms with Gasteiger partial charge >= 0.3 is 0 Å². The molecule has 0 fully saturated rings. The molecule has 1 aliphatic rings. The van der Waals surface area contributed by atoms with Crippen LogP contribution < -0.4 is 11.1 Å². The van der Waals surface area contributed by atoms with Crippen LogP contribution in [0.1, 0.15) is 6.92 Å². The molecule has 1 aliphatic heterocycles. The number of allylic oxidation sites excluding steroid dienone is 2. The Morgan fingerprint density at radius 1 is 1.16 bits per heavy atom. The molecule has 136 valence electrons. The number of nitrogens with one attached hydrogen (secondary N) is 1. The van der Waals surface area contributed by atoms with Crippen LogP contribution in [0, 0.1) is 0 Å². The van der Waals surface area contributed by atoms with Gasteiger partial charge in [0, 0.05) is 43.0 Å². The van der Waals surface area contributed by atoms with Gasteiger partial charge in [-0.1, -0.05) is 21.6 Å². The van der Waals surface area contributed by atoms with Gasteiger partial charge in [-0.25, -0.2) is 0 Å². The standard InChI is InChI=1S/C17H24IN5S2/c1-2-23-12-8-17(7-9-18-23)22-21-16-5-3-15(4-6-16)20-11-14-25-24-13-10-19/h3-9,12,20H,2,10-11,13-14,19H2,1H3. The van der Waals surface area contributed by atoms with E-state index in [0.717, 1.165) is 48.2 Å². The molecule has 2 rings (SSSR count). The molecule has 0 saturated heterocycles. The van der Waals surface area contributed by atoms with Crippen LogP contribution in [0.5, 0.6) is 0 Å². The molecule has 0 aromatic heterocycles. The zero-order valence-corrected chi connectivity index (χ0v) is 18.1. The van der Waals surface area contributed by atoms with E-state index in [1.54, 1.807) is 0 Å². The maximum Gasteiger partial charge on any atom is 0.0876 e. The van der Waals surface area contributed by atoms with Gasteiger partial charge in [-0.3, -0.25) is 0 Å².